The minimum absolute atomic E-state index is 0.201. The summed E-state index contributed by atoms with van der Waals surface area (Å²) >= 11 is 1.26. The van der Waals surface area contributed by atoms with Crippen LogP contribution in [-0.4, -0.2) is 62.0 Å². The molecule has 1 saturated heterocycles. The average molecular weight is 543 g/mol. The quantitative estimate of drug-likeness (QED) is 0.350. The highest BCUT2D eigenvalue weighted by Gasteiger charge is 2.33. The van der Waals surface area contributed by atoms with E-state index in [9.17, 15) is 18.0 Å². The van der Waals surface area contributed by atoms with Gasteiger partial charge < -0.3 is 10.1 Å². The lowest BCUT2D eigenvalue weighted by Crippen LogP contribution is -2.42. The molecule has 0 saturated carbocycles. The zero-order valence-electron chi connectivity index (χ0n) is 20.5. The molecule has 0 unspecified atom stereocenters. The lowest BCUT2D eigenvalue weighted by molar-refractivity contribution is -0.149. The Morgan fingerprint density at radius 2 is 1.87 bits per heavy atom. The first kappa shape index (κ1) is 26.0. The Labute approximate surface area is 221 Å². The normalized spacial score (nSPS) is 15.1. The minimum Gasteiger partial charge on any atom is -0.474 e. The number of pyridine rings is 1. The molecule has 4 heterocycles. The molecule has 5 rings (SSSR count). The average Bonchev–Trinajstić information content (AvgIpc) is 3.25. The molecule has 198 valence electrons. The fourth-order valence-electron chi connectivity index (χ4n) is 4.40. The van der Waals surface area contributed by atoms with Crippen LogP contribution >= 0.6 is 11.5 Å². The van der Waals surface area contributed by atoms with Gasteiger partial charge in [-0.15, -0.1) is 0 Å². The van der Waals surface area contributed by atoms with Crippen LogP contribution in [0.5, 0.6) is 5.88 Å². The Balaban J connectivity index is 1.19. The molecule has 4 aromatic rings. The van der Waals surface area contributed by atoms with Gasteiger partial charge in [0.05, 0.1) is 46.4 Å². The van der Waals surface area contributed by atoms with E-state index in [4.69, 9.17) is 4.74 Å². The van der Waals surface area contributed by atoms with E-state index >= 15 is 0 Å². The Morgan fingerprint density at radius 1 is 1.11 bits per heavy atom. The van der Waals surface area contributed by atoms with Crippen LogP contribution in [0.1, 0.15) is 39.5 Å². The Morgan fingerprint density at radius 3 is 2.58 bits per heavy atom. The number of hydrogen-bond donors (Lipinski definition) is 1. The van der Waals surface area contributed by atoms with Gasteiger partial charge in [0.25, 0.3) is 5.91 Å². The van der Waals surface area contributed by atoms with Gasteiger partial charge in [0, 0.05) is 36.7 Å². The number of hydrogen-bond acceptors (Lipinski definition) is 8. The van der Waals surface area contributed by atoms with Gasteiger partial charge in [0.1, 0.15) is 6.10 Å². The molecule has 0 atom stereocenters. The molecule has 0 bridgehead atoms. The van der Waals surface area contributed by atoms with Crippen molar-refractivity contribution in [2.75, 3.05) is 25.0 Å². The van der Waals surface area contributed by atoms with Crippen LogP contribution in [0, 0.1) is 6.92 Å². The van der Waals surface area contributed by atoms with E-state index in [0.29, 0.717) is 55.2 Å². The van der Waals surface area contributed by atoms with Crippen LogP contribution in [0.15, 0.2) is 48.8 Å². The number of para-hydroxylation sites is 2. The maximum Gasteiger partial charge on any atom is 0.401 e. The number of fused-ring (bicyclic) bond motifs is 1. The highest BCUT2D eigenvalue weighted by Crippen LogP contribution is 2.25. The van der Waals surface area contributed by atoms with Crippen LogP contribution in [0.25, 0.3) is 11.0 Å². The van der Waals surface area contributed by atoms with Crippen molar-refractivity contribution in [2.24, 2.45) is 0 Å². The van der Waals surface area contributed by atoms with E-state index in [-0.39, 0.29) is 12.0 Å². The largest absolute Gasteiger partial charge is 0.474 e. The summed E-state index contributed by atoms with van der Waals surface area (Å²) in [5.41, 5.74) is 3.95. The standard InChI is InChI=1S/C26H25F3N6O2S/c1-16-24(22(38-34-16)12-18-14-30-20-4-2-3-5-21(20)32-18)25(36)33-17-6-7-23(31-13-17)37-19-8-10-35(11-9-19)15-26(27,28)29/h2-7,13-14,19H,8-12,15H2,1H3,(H,33,36). The predicted octanol–water partition coefficient (Wildman–Crippen LogP) is 5.04. The second kappa shape index (κ2) is 11.0. The summed E-state index contributed by atoms with van der Waals surface area (Å²) < 4.78 is 47.9. The molecule has 8 nitrogen and oxygen atoms in total. The Bertz CT molecular complexity index is 1420. The maximum absolute atomic E-state index is 13.1. The van der Waals surface area contributed by atoms with Crippen molar-refractivity contribution < 1.29 is 22.7 Å². The van der Waals surface area contributed by atoms with Crippen molar-refractivity contribution >= 4 is 34.2 Å². The minimum atomic E-state index is -4.20. The number of halogens is 3. The second-order valence-corrected chi connectivity index (χ2v) is 10.00. The number of carbonyl (C=O) groups excluding carboxylic acids is 1. The van der Waals surface area contributed by atoms with Crippen molar-refractivity contribution in [1.82, 2.24) is 24.2 Å². The van der Waals surface area contributed by atoms with Crippen molar-refractivity contribution in [3.63, 3.8) is 0 Å². The van der Waals surface area contributed by atoms with Gasteiger partial charge in [0.15, 0.2) is 0 Å². The van der Waals surface area contributed by atoms with Crippen LogP contribution in [0.3, 0.4) is 0 Å². The van der Waals surface area contributed by atoms with E-state index in [1.807, 2.05) is 24.3 Å². The van der Waals surface area contributed by atoms with E-state index in [1.54, 1.807) is 25.3 Å². The van der Waals surface area contributed by atoms with E-state index in [0.717, 1.165) is 21.6 Å². The van der Waals surface area contributed by atoms with Crippen molar-refractivity contribution in [3.8, 4) is 5.88 Å². The molecule has 0 radical (unpaired) electrons. The van der Waals surface area contributed by atoms with Crippen molar-refractivity contribution in [3.05, 3.63) is 70.6 Å². The number of carbonyl (C=O) groups is 1. The topological polar surface area (TPSA) is 93.1 Å². The fraction of sp³-hybridized carbons (Fsp3) is 0.346. The Hall–Kier alpha value is -3.64. The molecule has 1 N–H and O–H groups in total. The number of alkyl halides is 3. The summed E-state index contributed by atoms with van der Waals surface area (Å²) in [6.07, 6.45) is 0.220. The smallest absolute Gasteiger partial charge is 0.401 e. The van der Waals surface area contributed by atoms with E-state index in [2.05, 4.69) is 24.6 Å². The molecule has 0 aliphatic carbocycles. The van der Waals surface area contributed by atoms with Crippen molar-refractivity contribution in [2.45, 2.75) is 38.5 Å². The summed E-state index contributed by atoms with van der Waals surface area (Å²) in [5, 5.41) is 2.86. The molecule has 1 amide bonds. The van der Waals surface area contributed by atoms with E-state index < -0.39 is 12.7 Å². The highest BCUT2D eigenvalue weighted by atomic mass is 32.1. The number of benzene rings is 1. The number of amides is 1. The number of likely N-dealkylation sites (tertiary alicyclic amines) is 1. The molecule has 1 aliphatic heterocycles. The number of nitrogens with zero attached hydrogens (tertiary/aromatic N) is 5. The zero-order chi connectivity index (χ0) is 26.7. The van der Waals surface area contributed by atoms with Gasteiger partial charge in [-0.3, -0.25) is 14.7 Å². The molecule has 1 fully saturated rings. The summed E-state index contributed by atoms with van der Waals surface area (Å²) in [5.74, 6) is 0.0636. The van der Waals surface area contributed by atoms with Crippen LogP contribution in [0.4, 0.5) is 18.9 Å². The zero-order valence-corrected chi connectivity index (χ0v) is 21.3. The number of aromatic nitrogens is 4. The second-order valence-electron chi connectivity index (χ2n) is 9.14. The maximum atomic E-state index is 13.1. The third kappa shape index (κ3) is 6.43. The van der Waals surface area contributed by atoms with Gasteiger partial charge in [-0.25, -0.2) is 9.97 Å². The molecule has 1 aromatic carbocycles. The summed E-state index contributed by atoms with van der Waals surface area (Å²) in [6.45, 7) is 1.53. The van der Waals surface area contributed by atoms with E-state index in [1.165, 1.54) is 22.6 Å². The molecular formula is C26H25F3N6O2S. The van der Waals surface area contributed by atoms with Gasteiger partial charge in [-0.1, -0.05) is 12.1 Å². The number of anilines is 1. The van der Waals surface area contributed by atoms with Crippen LogP contribution < -0.4 is 10.1 Å². The molecule has 3 aromatic heterocycles. The molecule has 38 heavy (non-hydrogen) atoms. The number of ether oxygens (including phenoxy) is 1. The fourth-order valence-corrected chi connectivity index (χ4v) is 5.28. The number of nitrogens with one attached hydrogen (secondary N) is 1. The lowest BCUT2D eigenvalue weighted by Gasteiger charge is -2.32. The Kier molecular flexibility index (Phi) is 7.52. The summed E-state index contributed by atoms with van der Waals surface area (Å²) in [4.78, 5) is 28.7. The molecule has 1 aliphatic rings. The monoisotopic (exact) mass is 542 g/mol. The third-order valence-corrected chi connectivity index (χ3v) is 7.15. The van der Waals surface area contributed by atoms with Gasteiger partial charge in [0.2, 0.25) is 5.88 Å². The molecule has 0 spiro atoms. The lowest BCUT2D eigenvalue weighted by atomic mass is 10.1. The first-order valence-electron chi connectivity index (χ1n) is 12.1. The number of piperidine rings is 1. The predicted molar refractivity (Wildman–Crippen MR) is 138 cm³/mol. The van der Waals surface area contributed by atoms with Gasteiger partial charge in [-0.2, -0.15) is 17.5 Å². The SMILES string of the molecule is Cc1nsc(Cc2cnc3ccccc3n2)c1C(=O)Nc1ccc(OC2CCN(CC(F)(F)F)CC2)nc1. The highest BCUT2D eigenvalue weighted by molar-refractivity contribution is 7.06. The van der Waals surface area contributed by atoms with Crippen LogP contribution in [0.2, 0.25) is 0 Å². The first-order chi connectivity index (χ1) is 18.2. The number of rotatable bonds is 7. The third-order valence-electron chi connectivity index (χ3n) is 6.22. The van der Waals surface area contributed by atoms with Gasteiger partial charge in [-0.05, 0) is 49.5 Å². The number of aryl methyl sites for hydroxylation is 1. The van der Waals surface area contributed by atoms with Crippen molar-refractivity contribution in [1.29, 1.82) is 0 Å². The summed E-state index contributed by atoms with van der Waals surface area (Å²) in [7, 11) is 0. The van der Waals surface area contributed by atoms with Crippen LogP contribution in [-0.2, 0) is 6.42 Å². The van der Waals surface area contributed by atoms with Gasteiger partial charge >= 0.3 is 6.18 Å². The molecule has 12 heteroatoms. The summed E-state index contributed by atoms with van der Waals surface area (Å²) in [6, 6.07) is 10.9. The first-order valence-corrected chi connectivity index (χ1v) is 12.9. The molecular weight excluding hydrogens is 517 g/mol.